The van der Waals surface area contributed by atoms with Gasteiger partial charge in [-0.1, -0.05) is 52.0 Å². The van der Waals surface area contributed by atoms with Gasteiger partial charge in [0, 0.05) is 43.1 Å². The molecule has 0 aliphatic carbocycles. The van der Waals surface area contributed by atoms with Crippen LogP contribution in [0.5, 0.6) is 0 Å². The summed E-state index contributed by atoms with van der Waals surface area (Å²) < 4.78 is 0. The minimum Gasteiger partial charge on any atom is -0.327 e. The molecule has 4 heterocycles. The van der Waals surface area contributed by atoms with Crippen molar-refractivity contribution in [1.82, 2.24) is 9.80 Å². The molecule has 0 spiro atoms. The van der Waals surface area contributed by atoms with E-state index in [1.54, 1.807) is 0 Å². The van der Waals surface area contributed by atoms with Crippen LogP contribution in [0, 0.1) is 10.8 Å². The third-order valence-electron chi connectivity index (χ3n) is 6.35. The first-order chi connectivity index (χ1) is 10.3. The summed E-state index contributed by atoms with van der Waals surface area (Å²) in [6.45, 7) is 13.8. The van der Waals surface area contributed by atoms with Crippen molar-refractivity contribution >= 4 is 0 Å². The molecule has 5 rings (SSSR count). The third kappa shape index (κ3) is 1.92. The minimum atomic E-state index is 0.250. The standard InChI is InChI=1S/C19H29N3/c1-13(2)14-5-7-15(8-6-14)16-21-9-18(3)10-22(16)12-19(4,11-21)17(18)20/h5-8,13,16-17H,9-12,20H2,1-4H3. The van der Waals surface area contributed by atoms with Crippen LogP contribution in [0.2, 0.25) is 0 Å². The molecule has 3 nitrogen and oxygen atoms in total. The number of rotatable bonds is 2. The van der Waals surface area contributed by atoms with Gasteiger partial charge < -0.3 is 5.73 Å². The van der Waals surface area contributed by atoms with Crippen molar-refractivity contribution in [1.29, 1.82) is 0 Å². The van der Waals surface area contributed by atoms with E-state index in [-0.39, 0.29) is 10.8 Å². The lowest BCUT2D eigenvalue weighted by atomic mass is 9.59. The Morgan fingerprint density at radius 3 is 1.82 bits per heavy atom. The fourth-order valence-electron chi connectivity index (χ4n) is 5.35. The second-order valence-electron chi connectivity index (χ2n) is 8.79. The Labute approximate surface area is 134 Å². The predicted octanol–water partition coefficient (Wildman–Crippen LogP) is 2.79. The van der Waals surface area contributed by atoms with Crippen LogP contribution in [0.25, 0.3) is 0 Å². The van der Waals surface area contributed by atoms with Gasteiger partial charge in [-0.2, -0.15) is 0 Å². The third-order valence-corrected chi connectivity index (χ3v) is 6.35. The van der Waals surface area contributed by atoms with Gasteiger partial charge in [-0.05, 0) is 17.0 Å². The Morgan fingerprint density at radius 2 is 1.41 bits per heavy atom. The summed E-state index contributed by atoms with van der Waals surface area (Å²) in [6.07, 6.45) is 0.454. The SMILES string of the molecule is CC(C)c1ccc(C2N3CC4(C)CN2CC(C)(C3)C4N)cc1. The Hall–Kier alpha value is -0.900. The van der Waals surface area contributed by atoms with Crippen LogP contribution >= 0.6 is 0 Å². The summed E-state index contributed by atoms with van der Waals surface area (Å²) >= 11 is 0. The highest BCUT2D eigenvalue weighted by atomic mass is 15.4. The number of hydrogen-bond donors (Lipinski definition) is 1. The number of nitrogens with zero attached hydrogens (tertiary/aromatic N) is 2. The van der Waals surface area contributed by atoms with E-state index in [0.717, 1.165) is 26.2 Å². The fraction of sp³-hybridized carbons (Fsp3) is 0.684. The molecule has 0 atom stereocenters. The maximum atomic E-state index is 6.62. The van der Waals surface area contributed by atoms with Gasteiger partial charge in [-0.25, -0.2) is 0 Å². The molecule has 22 heavy (non-hydrogen) atoms. The molecule has 0 unspecified atom stereocenters. The Balaban J connectivity index is 1.66. The zero-order chi connectivity index (χ0) is 15.7. The van der Waals surface area contributed by atoms with Gasteiger partial charge in [0.15, 0.2) is 0 Å². The van der Waals surface area contributed by atoms with Gasteiger partial charge in [0.25, 0.3) is 0 Å². The van der Waals surface area contributed by atoms with E-state index >= 15 is 0 Å². The summed E-state index contributed by atoms with van der Waals surface area (Å²) in [5, 5.41) is 0. The van der Waals surface area contributed by atoms with E-state index in [2.05, 4.69) is 61.8 Å². The lowest BCUT2D eigenvalue weighted by Crippen LogP contribution is -2.78. The maximum absolute atomic E-state index is 6.62. The van der Waals surface area contributed by atoms with E-state index in [0.29, 0.717) is 18.1 Å². The van der Waals surface area contributed by atoms with E-state index < -0.39 is 0 Å². The average Bonchev–Trinajstić information content (AvgIpc) is 2.44. The smallest absolute Gasteiger partial charge is 0.0887 e. The zero-order valence-electron chi connectivity index (χ0n) is 14.3. The summed E-state index contributed by atoms with van der Waals surface area (Å²) in [6, 6.07) is 9.63. The monoisotopic (exact) mass is 299 g/mol. The Bertz CT molecular complexity index is 539. The van der Waals surface area contributed by atoms with E-state index in [9.17, 15) is 0 Å². The Morgan fingerprint density at radius 1 is 0.955 bits per heavy atom. The molecular weight excluding hydrogens is 270 g/mol. The molecule has 0 amide bonds. The Kier molecular flexibility index (Phi) is 3.04. The molecule has 4 fully saturated rings. The van der Waals surface area contributed by atoms with Gasteiger partial charge in [-0.15, -0.1) is 0 Å². The molecule has 1 aromatic carbocycles. The van der Waals surface area contributed by atoms with Crippen LogP contribution in [-0.4, -0.2) is 42.0 Å². The van der Waals surface area contributed by atoms with E-state index in [4.69, 9.17) is 5.73 Å². The average molecular weight is 299 g/mol. The number of benzene rings is 1. The lowest BCUT2D eigenvalue weighted by molar-refractivity contribution is -0.205. The van der Waals surface area contributed by atoms with Gasteiger partial charge in [0.1, 0.15) is 0 Å². The van der Waals surface area contributed by atoms with Crippen molar-refractivity contribution < 1.29 is 0 Å². The molecule has 0 aromatic heterocycles. The molecule has 4 bridgehead atoms. The molecule has 4 saturated heterocycles. The van der Waals surface area contributed by atoms with Crippen molar-refractivity contribution in [3.8, 4) is 0 Å². The van der Waals surface area contributed by atoms with Crippen molar-refractivity contribution in [3.63, 3.8) is 0 Å². The van der Waals surface area contributed by atoms with Crippen LogP contribution in [0.4, 0.5) is 0 Å². The van der Waals surface area contributed by atoms with Crippen molar-refractivity contribution in [2.24, 2.45) is 16.6 Å². The fourth-order valence-corrected chi connectivity index (χ4v) is 5.35. The summed E-state index contributed by atoms with van der Waals surface area (Å²) in [4.78, 5) is 5.33. The second kappa shape index (κ2) is 4.56. The van der Waals surface area contributed by atoms with Gasteiger partial charge in [0.05, 0.1) is 6.17 Å². The highest BCUT2D eigenvalue weighted by Gasteiger charge is 2.60. The molecule has 120 valence electrons. The molecule has 2 N–H and O–H groups in total. The highest BCUT2D eigenvalue weighted by Crippen LogP contribution is 2.53. The maximum Gasteiger partial charge on any atom is 0.0887 e. The summed E-state index contributed by atoms with van der Waals surface area (Å²) in [5.74, 6) is 0.601. The van der Waals surface area contributed by atoms with Crippen molar-refractivity contribution in [2.75, 3.05) is 26.2 Å². The van der Waals surface area contributed by atoms with E-state index in [1.807, 2.05) is 0 Å². The molecule has 1 aromatic rings. The van der Waals surface area contributed by atoms with E-state index in [1.165, 1.54) is 11.1 Å². The molecule has 0 saturated carbocycles. The summed E-state index contributed by atoms with van der Waals surface area (Å²) in [7, 11) is 0. The first-order valence-electron chi connectivity index (χ1n) is 8.66. The lowest BCUT2D eigenvalue weighted by Gasteiger charge is -2.68. The van der Waals surface area contributed by atoms with Crippen LogP contribution in [0.15, 0.2) is 24.3 Å². The molecular formula is C19H29N3. The van der Waals surface area contributed by atoms with Gasteiger partial charge in [0.2, 0.25) is 0 Å². The van der Waals surface area contributed by atoms with Gasteiger partial charge in [-0.3, -0.25) is 9.80 Å². The number of hydrogen-bond acceptors (Lipinski definition) is 3. The molecule has 3 heteroatoms. The highest BCUT2D eigenvalue weighted by molar-refractivity contribution is 5.29. The van der Waals surface area contributed by atoms with Crippen LogP contribution in [-0.2, 0) is 0 Å². The minimum absolute atomic E-state index is 0.250. The van der Waals surface area contributed by atoms with Gasteiger partial charge >= 0.3 is 0 Å². The van der Waals surface area contributed by atoms with Crippen molar-refractivity contribution in [2.45, 2.75) is 45.8 Å². The zero-order valence-corrected chi connectivity index (χ0v) is 14.3. The van der Waals surface area contributed by atoms with Crippen molar-refractivity contribution in [3.05, 3.63) is 35.4 Å². The number of nitrogens with two attached hydrogens (primary N) is 1. The molecule has 0 radical (unpaired) electrons. The second-order valence-corrected chi connectivity index (χ2v) is 8.79. The molecule has 4 aliphatic rings. The van der Waals surface area contributed by atoms with Crippen LogP contribution in [0.1, 0.15) is 50.9 Å². The topological polar surface area (TPSA) is 32.5 Å². The quantitative estimate of drug-likeness (QED) is 0.911. The normalized spacial score (nSPS) is 46.5. The molecule has 4 aliphatic heterocycles. The first-order valence-corrected chi connectivity index (χ1v) is 8.66. The predicted molar refractivity (Wildman–Crippen MR) is 90.6 cm³/mol. The number of piperidine rings is 2. The summed E-state index contributed by atoms with van der Waals surface area (Å²) in [5.41, 5.74) is 10.00. The largest absolute Gasteiger partial charge is 0.327 e. The van der Waals surface area contributed by atoms with Crippen LogP contribution in [0.3, 0.4) is 0 Å². The van der Waals surface area contributed by atoms with Crippen LogP contribution < -0.4 is 5.73 Å². The first kappa shape index (κ1) is 14.7.